The lowest BCUT2D eigenvalue weighted by atomic mass is 10.1. The summed E-state index contributed by atoms with van der Waals surface area (Å²) in [6.45, 7) is 3.70. The van der Waals surface area contributed by atoms with E-state index in [4.69, 9.17) is 0 Å². The molecule has 0 atom stereocenters. The smallest absolute Gasteiger partial charge is 0.277 e. The van der Waals surface area contributed by atoms with Crippen molar-refractivity contribution in [2.45, 2.75) is 19.9 Å². The van der Waals surface area contributed by atoms with Gasteiger partial charge in [0.15, 0.2) is 5.69 Å². The Hall–Kier alpha value is -3.02. The molecule has 116 valence electrons. The molecule has 0 saturated carbocycles. The molecule has 2 heterocycles. The molecule has 3 aromatic rings. The molecule has 0 unspecified atom stereocenters. The van der Waals surface area contributed by atoms with Gasteiger partial charge in [-0.05, 0) is 32.0 Å². The summed E-state index contributed by atoms with van der Waals surface area (Å²) in [5.41, 5.74) is 0.00420. The van der Waals surface area contributed by atoms with E-state index in [1.165, 1.54) is 4.68 Å². The number of hydrogen-bond acceptors (Lipinski definition) is 4. The van der Waals surface area contributed by atoms with E-state index in [0.29, 0.717) is 16.6 Å². The molecule has 0 saturated heterocycles. The van der Waals surface area contributed by atoms with Crippen LogP contribution in [0.1, 0.15) is 30.4 Å². The van der Waals surface area contributed by atoms with Gasteiger partial charge in [-0.3, -0.25) is 9.59 Å². The summed E-state index contributed by atoms with van der Waals surface area (Å²) in [7, 11) is 0. The van der Waals surface area contributed by atoms with Crippen LogP contribution in [0.4, 0.5) is 5.82 Å². The first-order chi connectivity index (χ1) is 11.1. The number of rotatable bonds is 3. The van der Waals surface area contributed by atoms with E-state index in [0.717, 1.165) is 0 Å². The quantitative estimate of drug-likeness (QED) is 0.807. The van der Waals surface area contributed by atoms with Crippen molar-refractivity contribution in [3.8, 4) is 0 Å². The lowest BCUT2D eigenvalue weighted by molar-refractivity contribution is 0.102. The van der Waals surface area contributed by atoms with Crippen LogP contribution >= 0.6 is 0 Å². The highest BCUT2D eigenvalue weighted by Crippen LogP contribution is 2.16. The van der Waals surface area contributed by atoms with Crippen LogP contribution in [0.3, 0.4) is 0 Å². The number of hydrogen-bond donors (Lipinski definition) is 1. The number of aromatic nitrogens is 3. The topological polar surface area (TPSA) is 76.9 Å². The molecule has 1 amide bonds. The standard InChI is InChI=1S/C17H16N4O2/c1-11(2)21-17(23)13-8-4-3-7-12(13)15(20-21)16(22)19-14-9-5-6-10-18-14/h3-11H,1-2H3,(H,18,19,22). The number of amides is 1. The fourth-order valence-electron chi connectivity index (χ4n) is 2.34. The number of carbonyl (C=O) groups excluding carboxylic acids is 1. The van der Waals surface area contributed by atoms with Gasteiger partial charge >= 0.3 is 0 Å². The molecule has 6 heteroatoms. The van der Waals surface area contributed by atoms with Gasteiger partial charge in [0, 0.05) is 11.6 Å². The molecule has 3 rings (SSSR count). The summed E-state index contributed by atoms with van der Waals surface area (Å²) in [4.78, 5) is 29.1. The van der Waals surface area contributed by atoms with Crippen molar-refractivity contribution in [2.75, 3.05) is 5.32 Å². The number of carbonyl (C=O) groups is 1. The van der Waals surface area contributed by atoms with Gasteiger partial charge in [0.25, 0.3) is 11.5 Å². The van der Waals surface area contributed by atoms with Gasteiger partial charge in [-0.1, -0.05) is 24.3 Å². The van der Waals surface area contributed by atoms with Crippen molar-refractivity contribution >= 4 is 22.5 Å². The van der Waals surface area contributed by atoms with E-state index in [1.54, 1.807) is 48.7 Å². The Bertz CT molecular complexity index is 917. The van der Waals surface area contributed by atoms with Crippen molar-refractivity contribution in [2.24, 2.45) is 0 Å². The van der Waals surface area contributed by atoms with Crippen LogP contribution in [-0.4, -0.2) is 20.7 Å². The number of benzene rings is 1. The Morgan fingerprint density at radius 1 is 1.09 bits per heavy atom. The van der Waals surface area contributed by atoms with E-state index in [-0.39, 0.29) is 17.3 Å². The maximum Gasteiger partial charge on any atom is 0.277 e. The van der Waals surface area contributed by atoms with Crippen LogP contribution in [-0.2, 0) is 0 Å². The highest BCUT2D eigenvalue weighted by atomic mass is 16.2. The number of nitrogens with zero attached hydrogens (tertiary/aromatic N) is 3. The van der Waals surface area contributed by atoms with E-state index >= 15 is 0 Å². The molecule has 1 N–H and O–H groups in total. The van der Waals surface area contributed by atoms with Crippen molar-refractivity contribution in [1.29, 1.82) is 0 Å². The van der Waals surface area contributed by atoms with E-state index in [2.05, 4.69) is 15.4 Å². The normalized spacial score (nSPS) is 10.9. The van der Waals surface area contributed by atoms with Crippen LogP contribution in [0, 0.1) is 0 Å². The third-order valence-electron chi connectivity index (χ3n) is 3.44. The monoisotopic (exact) mass is 308 g/mol. The minimum Gasteiger partial charge on any atom is -0.305 e. The zero-order valence-electron chi connectivity index (χ0n) is 12.9. The summed E-state index contributed by atoms with van der Waals surface area (Å²) in [5, 5.41) is 7.97. The lowest BCUT2D eigenvalue weighted by Gasteiger charge is -2.13. The van der Waals surface area contributed by atoms with Gasteiger partial charge in [0.1, 0.15) is 5.82 Å². The van der Waals surface area contributed by atoms with E-state index in [9.17, 15) is 9.59 Å². The van der Waals surface area contributed by atoms with Crippen molar-refractivity contribution in [3.63, 3.8) is 0 Å². The summed E-state index contributed by atoms with van der Waals surface area (Å²) in [5.74, 6) is 0.0416. The predicted molar refractivity (Wildman–Crippen MR) is 88.6 cm³/mol. The summed E-state index contributed by atoms with van der Waals surface area (Å²) in [6.07, 6.45) is 1.59. The molecule has 0 spiro atoms. The minimum atomic E-state index is -0.394. The summed E-state index contributed by atoms with van der Waals surface area (Å²) < 4.78 is 1.33. The number of nitrogens with one attached hydrogen (secondary N) is 1. The van der Waals surface area contributed by atoms with Crippen LogP contribution in [0.5, 0.6) is 0 Å². The molecule has 1 aromatic carbocycles. The Kier molecular flexibility index (Phi) is 3.89. The minimum absolute atomic E-state index is 0.145. The third kappa shape index (κ3) is 2.83. The van der Waals surface area contributed by atoms with Crippen molar-refractivity contribution < 1.29 is 4.79 Å². The Labute approximate surface area is 132 Å². The summed E-state index contributed by atoms with van der Waals surface area (Å²) in [6, 6.07) is 12.1. The largest absolute Gasteiger partial charge is 0.305 e. The molecular weight excluding hydrogens is 292 g/mol. The second kappa shape index (κ2) is 6.00. The van der Waals surface area contributed by atoms with E-state index < -0.39 is 5.91 Å². The van der Waals surface area contributed by atoms with E-state index in [1.807, 2.05) is 13.8 Å². The molecule has 6 nitrogen and oxygen atoms in total. The zero-order chi connectivity index (χ0) is 16.4. The Balaban J connectivity index is 2.14. The molecule has 0 aliphatic carbocycles. The number of fused-ring (bicyclic) bond motifs is 1. The molecule has 0 fully saturated rings. The van der Waals surface area contributed by atoms with Gasteiger partial charge in [0.05, 0.1) is 11.4 Å². The second-order valence-electron chi connectivity index (χ2n) is 5.41. The number of anilines is 1. The van der Waals surface area contributed by atoms with Crippen molar-refractivity contribution in [3.05, 3.63) is 64.7 Å². The van der Waals surface area contributed by atoms with Gasteiger partial charge in [-0.2, -0.15) is 5.10 Å². The maximum absolute atomic E-state index is 12.6. The maximum atomic E-state index is 12.6. The average molecular weight is 308 g/mol. The third-order valence-corrected chi connectivity index (χ3v) is 3.44. The molecule has 0 radical (unpaired) electrons. The zero-order valence-corrected chi connectivity index (χ0v) is 12.9. The van der Waals surface area contributed by atoms with Crippen LogP contribution < -0.4 is 10.9 Å². The molecule has 0 bridgehead atoms. The first-order valence-electron chi connectivity index (χ1n) is 7.32. The SMILES string of the molecule is CC(C)n1nc(C(=O)Nc2ccccn2)c2ccccc2c1=O. The summed E-state index contributed by atoms with van der Waals surface area (Å²) >= 11 is 0. The lowest BCUT2D eigenvalue weighted by Crippen LogP contribution is -2.29. The van der Waals surface area contributed by atoms with Crippen LogP contribution in [0.25, 0.3) is 10.8 Å². The van der Waals surface area contributed by atoms with Crippen LogP contribution in [0.15, 0.2) is 53.5 Å². The van der Waals surface area contributed by atoms with Crippen molar-refractivity contribution in [1.82, 2.24) is 14.8 Å². The fraction of sp³-hybridized carbons (Fsp3) is 0.176. The highest BCUT2D eigenvalue weighted by Gasteiger charge is 2.18. The molecule has 0 aliphatic heterocycles. The Morgan fingerprint density at radius 3 is 2.43 bits per heavy atom. The van der Waals surface area contributed by atoms with Gasteiger partial charge in [-0.15, -0.1) is 0 Å². The molecule has 23 heavy (non-hydrogen) atoms. The predicted octanol–water partition coefficient (Wildman–Crippen LogP) is 2.62. The molecule has 0 aliphatic rings. The average Bonchev–Trinajstić information content (AvgIpc) is 2.56. The second-order valence-corrected chi connectivity index (χ2v) is 5.41. The van der Waals surface area contributed by atoms with Crippen LogP contribution in [0.2, 0.25) is 0 Å². The molecule has 2 aromatic heterocycles. The first-order valence-corrected chi connectivity index (χ1v) is 7.32. The highest BCUT2D eigenvalue weighted by molar-refractivity contribution is 6.10. The van der Waals surface area contributed by atoms with Gasteiger partial charge in [-0.25, -0.2) is 9.67 Å². The fourth-order valence-corrected chi connectivity index (χ4v) is 2.34. The first kappa shape index (κ1) is 14.9. The van der Waals surface area contributed by atoms with Gasteiger partial charge < -0.3 is 5.32 Å². The number of pyridine rings is 1. The van der Waals surface area contributed by atoms with Gasteiger partial charge in [0.2, 0.25) is 0 Å². The Morgan fingerprint density at radius 2 is 1.78 bits per heavy atom. The molecular formula is C17H16N4O2.